The third-order valence-electron chi connectivity index (χ3n) is 3.61. The number of ether oxygens (including phenoxy) is 2. The van der Waals surface area contributed by atoms with Gasteiger partial charge >= 0.3 is 6.09 Å². The van der Waals surface area contributed by atoms with E-state index in [9.17, 15) is 15.3 Å². The molecular formula is C20H21N3O3S. The minimum atomic E-state index is -0.603. The predicted molar refractivity (Wildman–Crippen MR) is 105 cm³/mol. The first-order valence-electron chi connectivity index (χ1n) is 8.33. The Kier molecular flexibility index (Phi) is 6.55. The second-order valence-corrected chi connectivity index (χ2v) is 7.82. The summed E-state index contributed by atoms with van der Waals surface area (Å²) in [5, 5.41) is 19.4. The maximum Gasteiger partial charge on any atom is 0.415 e. The highest BCUT2D eigenvalue weighted by Crippen LogP contribution is 2.33. The molecule has 7 heteroatoms. The van der Waals surface area contributed by atoms with Crippen LogP contribution in [0.5, 0.6) is 5.75 Å². The van der Waals surface area contributed by atoms with Gasteiger partial charge in [0.25, 0.3) is 0 Å². The Hall–Kier alpha value is -2.90. The number of amides is 1. The number of carbonyl (C=O) groups is 1. The number of hydrogen-bond acceptors (Lipinski definition) is 6. The highest BCUT2D eigenvalue weighted by atomic mass is 32.2. The number of nitriles is 2. The summed E-state index contributed by atoms with van der Waals surface area (Å²) in [6.45, 7) is 5.94. The Morgan fingerprint density at radius 1 is 1.22 bits per heavy atom. The number of nitrogens with zero attached hydrogens (tertiary/aromatic N) is 3. The molecule has 140 valence electrons. The standard InChI is InChI=1S/C20H21N3O3S/c1-20(2,3)26-19(24)23-9-10-27-18(23)11-17(15(12-21)13-22)14-5-7-16(25-4)8-6-14/h5-8,11H,9-10H2,1-4H3/b18-11-. The van der Waals surface area contributed by atoms with Crippen molar-refractivity contribution in [3.63, 3.8) is 0 Å². The summed E-state index contributed by atoms with van der Waals surface area (Å²) >= 11 is 1.48. The maximum absolute atomic E-state index is 12.5. The fraction of sp³-hybridized carbons (Fsp3) is 0.350. The number of allylic oxidation sites excluding steroid dienone is 3. The lowest BCUT2D eigenvalue weighted by atomic mass is 10.0. The fourth-order valence-corrected chi connectivity index (χ4v) is 3.39. The zero-order valence-electron chi connectivity index (χ0n) is 15.8. The van der Waals surface area contributed by atoms with Gasteiger partial charge in [0.15, 0.2) is 0 Å². The normalized spacial score (nSPS) is 15.0. The summed E-state index contributed by atoms with van der Waals surface area (Å²) in [5.41, 5.74) is 0.525. The summed E-state index contributed by atoms with van der Waals surface area (Å²) < 4.78 is 10.6. The van der Waals surface area contributed by atoms with Gasteiger partial charge in [0.05, 0.1) is 12.1 Å². The van der Waals surface area contributed by atoms with E-state index in [2.05, 4.69) is 0 Å². The topological polar surface area (TPSA) is 86.3 Å². The molecule has 6 nitrogen and oxygen atoms in total. The van der Waals surface area contributed by atoms with E-state index in [1.165, 1.54) is 16.7 Å². The second-order valence-electron chi connectivity index (χ2n) is 6.70. The van der Waals surface area contributed by atoms with Crippen molar-refractivity contribution in [1.82, 2.24) is 4.90 Å². The molecule has 1 aromatic rings. The van der Waals surface area contributed by atoms with Gasteiger partial charge < -0.3 is 9.47 Å². The molecule has 1 aliphatic heterocycles. The summed E-state index contributed by atoms with van der Waals surface area (Å²) in [4.78, 5) is 14.0. The third-order valence-corrected chi connectivity index (χ3v) is 4.63. The van der Waals surface area contributed by atoms with E-state index < -0.39 is 11.7 Å². The molecule has 1 heterocycles. The Morgan fingerprint density at radius 3 is 2.37 bits per heavy atom. The summed E-state index contributed by atoms with van der Waals surface area (Å²) in [7, 11) is 1.57. The van der Waals surface area contributed by atoms with Crippen molar-refractivity contribution in [1.29, 1.82) is 10.5 Å². The summed E-state index contributed by atoms with van der Waals surface area (Å²) in [6, 6.07) is 10.9. The van der Waals surface area contributed by atoms with E-state index >= 15 is 0 Å². The zero-order valence-corrected chi connectivity index (χ0v) is 16.6. The Morgan fingerprint density at radius 2 is 1.85 bits per heavy atom. The lowest BCUT2D eigenvalue weighted by Gasteiger charge is -2.24. The molecule has 0 aliphatic carbocycles. The molecule has 0 saturated carbocycles. The number of methoxy groups -OCH3 is 1. The van der Waals surface area contributed by atoms with Crippen molar-refractivity contribution < 1.29 is 14.3 Å². The van der Waals surface area contributed by atoms with Gasteiger partial charge in [-0.25, -0.2) is 4.79 Å². The van der Waals surface area contributed by atoms with Crippen molar-refractivity contribution in [2.24, 2.45) is 0 Å². The highest BCUT2D eigenvalue weighted by molar-refractivity contribution is 8.03. The van der Waals surface area contributed by atoms with Gasteiger partial charge in [-0.3, -0.25) is 4.90 Å². The zero-order chi connectivity index (χ0) is 20.0. The van der Waals surface area contributed by atoms with Gasteiger partial charge in [-0.1, -0.05) is 12.1 Å². The van der Waals surface area contributed by atoms with Crippen LogP contribution in [-0.2, 0) is 4.74 Å². The molecule has 0 bridgehead atoms. The molecular weight excluding hydrogens is 362 g/mol. The monoisotopic (exact) mass is 383 g/mol. The van der Waals surface area contributed by atoms with Crippen molar-refractivity contribution in [2.45, 2.75) is 26.4 Å². The number of thioether (sulfide) groups is 1. The van der Waals surface area contributed by atoms with Crippen molar-refractivity contribution in [2.75, 3.05) is 19.4 Å². The predicted octanol–water partition coefficient (Wildman–Crippen LogP) is 4.32. The first kappa shape index (κ1) is 20.4. The summed E-state index contributed by atoms with van der Waals surface area (Å²) in [5.74, 6) is 1.39. The van der Waals surface area contributed by atoms with E-state index in [1.54, 1.807) is 37.5 Å². The molecule has 2 rings (SSSR count). The van der Waals surface area contributed by atoms with E-state index in [4.69, 9.17) is 9.47 Å². The number of benzene rings is 1. The van der Waals surface area contributed by atoms with Crippen LogP contribution in [0.2, 0.25) is 0 Å². The molecule has 1 amide bonds. The van der Waals surface area contributed by atoms with Crippen LogP contribution in [0.1, 0.15) is 26.3 Å². The largest absolute Gasteiger partial charge is 0.497 e. The number of hydrogen-bond donors (Lipinski definition) is 0. The first-order valence-corrected chi connectivity index (χ1v) is 9.31. The second kappa shape index (κ2) is 8.66. The Labute approximate surface area is 163 Å². The molecule has 0 radical (unpaired) electrons. The lowest BCUT2D eigenvalue weighted by Crippen LogP contribution is -2.34. The summed E-state index contributed by atoms with van der Waals surface area (Å²) in [6.07, 6.45) is 1.26. The Balaban J connectivity index is 2.44. The van der Waals surface area contributed by atoms with E-state index in [0.717, 1.165) is 5.75 Å². The van der Waals surface area contributed by atoms with Crippen LogP contribution in [-0.4, -0.2) is 36.0 Å². The number of carbonyl (C=O) groups excluding carboxylic acids is 1. The van der Waals surface area contributed by atoms with E-state index in [1.807, 2.05) is 32.9 Å². The molecule has 1 aromatic carbocycles. The lowest BCUT2D eigenvalue weighted by molar-refractivity contribution is 0.0345. The SMILES string of the molecule is COc1ccc(C(/C=C2\SCCN2C(=O)OC(C)(C)C)=C(C#N)C#N)cc1. The van der Waals surface area contributed by atoms with E-state index in [0.29, 0.717) is 28.5 Å². The van der Waals surface area contributed by atoms with Gasteiger partial charge in [0.2, 0.25) is 0 Å². The third kappa shape index (κ3) is 5.29. The molecule has 0 spiro atoms. The fourth-order valence-electron chi connectivity index (χ4n) is 2.39. The van der Waals surface area contributed by atoms with Gasteiger partial charge in [-0.15, -0.1) is 11.8 Å². The quantitative estimate of drug-likeness (QED) is 0.723. The van der Waals surface area contributed by atoms with Gasteiger partial charge in [-0.05, 0) is 44.5 Å². The highest BCUT2D eigenvalue weighted by Gasteiger charge is 2.29. The maximum atomic E-state index is 12.5. The molecule has 0 unspecified atom stereocenters. The smallest absolute Gasteiger partial charge is 0.415 e. The van der Waals surface area contributed by atoms with Crippen molar-refractivity contribution >= 4 is 23.4 Å². The average Bonchev–Trinajstić information content (AvgIpc) is 3.09. The van der Waals surface area contributed by atoms with Gasteiger partial charge in [0, 0.05) is 17.9 Å². The first-order chi connectivity index (χ1) is 12.8. The van der Waals surface area contributed by atoms with Crippen LogP contribution in [0, 0.1) is 22.7 Å². The van der Waals surface area contributed by atoms with Crippen LogP contribution in [0.4, 0.5) is 4.79 Å². The molecule has 0 aromatic heterocycles. The van der Waals surface area contributed by atoms with Crippen LogP contribution in [0.3, 0.4) is 0 Å². The van der Waals surface area contributed by atoms with Crippen molar-refractivity contribution in [3.05, 3.63) is 46.5 Å². The minimum absolute atomic E-state index is 0.0238. The van der Waals surface area contributed by atoms with Gasteiger partial charge in [-0.2, -0.15) is 10.5 Å². The number of rotatable bonds is 3. The molecule has 0 atom stereocenters. The molecule has 1 saturated heterocycles. The molecule has 1 aliphatic rings. The molecule has 27 heavy (non-hydrogen) atoms. The minimum Gasteiger partial charge on any atom is -0.497 e. The van der Waals surface area contributed by atoms with Crippen LogP contribution in [0.15, 0.2) is 40.9 Å². The average molecular weight is 383 g/mol. The van der Waals surface area contributed by atoms with Crippen molar-refractivity contribution in [3.8, 4) is 17.9 Å². The van der Waals surface area contributed by atoms with Gasteiger partial charge in [0.1, 0.15) is 29.1 Å². The molecule has 1 fully saturated rings. The van der Waals surface area contributed by atoms with Crippen LogP contribution in [0.25, 0.3) is 5.57 Å². The van der Waals surface area contributed by atoms with Crippen LogP contribution >= 0.6 is 11.8 Å². The molecule has 0 N–H and O–H groups in total. The Bertz CT molecular complexity index is 836. The van der Waals surface area contributed by atoms with Crippen LogP contribution < -0.4 is 4.74 Å². The van der Waals surface area contributed by atoms with E-state index in [-0.39, 0.29) is 5.57 Å².